The van der Waals surface area contributed by atoms with Gasteiger partial charge in [-0.1, -0.05) is 37.3 Å². The van der Waals surface area contributed by atoms with Crippen LogP contribution < -0.4 is 4.74 Å². The largest absolute Gasteiger partial charge is 0.418 e. The van der Waals surface area contributed by atoms with Crippen molar-refractivity contribution in [3.63, 3.8) is 0 Å². The number of hydrogen-bond acceptors (Lipinski definition) is 3. The fourth-order valence-corrected chi connectivity index (χ4v) is 1.87. The first-order valence-electron chi connectivity index (χ1n) is 5.13. The number of thioether (sulfide) groups is 1. The van der Waals surface area contributed by atoms with Crippen LogP contribution in [-0.2, 0) is 0 Å². The Morgan fingerprint density at radius 3 is 2.69 bits per heavy atom. The first-order chi connectivity index (χ1) is 7.79. The molecule has 2 aromatic carbocycles. The number of benzene rings is 2. The van der Waals surface area contributed by atoms with Gasteiger partial charge >= 0.3 is 5.30 Å². The molecule has 0 radical (unpaired) electrons. The highest BCUT2D eigenvalue weighted by Crippen LogP contribution is 2.21. The maximum atomic E-state index is 11.3. The van der Waals surface area contributed by atoms with Gasteiger partial charge in [0.1, 0.15) is 5.75 Å². The lowest BCUT2D eigenvalue weighted by atomic mass is 10.1. The summed E-state index contributed by atoms with van der Waals surface area (Å²) in [4.78, 5) is 11.3. The van der Waals surface area contributed by atoms with Crippen molar-refractivity contribution in [2.75, 3.05) is 5.75 Å². The van der Waals surface area contributed by atoms with E-state index in [0.717, 1.165) is 16.5 Å². The fourth-order valence-electron chi connectivity index (χ4n) is 1.47. The molecule has 0 fully saturated rings. The first-order valence-corrected chi connectivity index (χ1v) is 6.11. The van der Waals surface area contributed by atoms with Crippen molar-refractivity contribution in [1.29, 1.82) is 0 Å². The quantitative estimate of drug-likeness (QED) is 0.729. The summed E-state index contributed by atoms with van der Waals surface area (Å²) >= 11 is 1.17. The van der Waals surface area contributed by atoms with Gasteiger partial charge in [-0.05, 0) is 34.7 Å². The molecule has 2 aromatic rings. The van der Waals surface area contributed by atoms with Crippen molar-refractivity contribution in [2.24, 2.45) is 0 Å². The topological polar surface area (TPSA) is 26.3 Å². The monoisotopic (exact) mass is 232 g/mol. The Hall–Kier alpha value is -1.48. The van der Waals surface area contributed by atoms with E-state index in [1.165, 1.54) is 11.8 Å². The van der Waals surface area contributed by atoms with Crippen LogP contribution >= 0.6 is 11.8 Å². The molecule has 0 saturated heterocycles. The Bertz CT molecular complexity index is 508. The number of carbonyl (C=O) groups is 1. The molecule has 0 unspecified atom stereocenters. The van der Waals surface area contributed by atoms with Crippen LogP contribution in [-0.4, -0.2) is 11.1 Å². The first kappa shape index (κ1) is 11.0. The van der Waals surface area contributed by atoms with Gasteiger partial charge in [0.05, 0.1) is 0 Å². The minimum Gasteiger partial charge on any atom is -0.418 e. The predicted octanol–water partition coefficient (Wildman–Crippen LogP) is 4.09. The second kappa shape index (κ2) is 5.03. The fraction of sp³-hybridized carbons (Fsp3) is 0.154. The highest BCUT2D eigenvalue weighted by molar-refractivity contribution is 8.13. The molecule has 0 saturated carbocycles. The molecule has 3 heteroatoms. The van der Waals surface area contributed by atoms with Crippen LogP contribution in [0.3, 0.4) is 0 Å². The van der Waals surface area contributed by atoms with Crippen LogP contribution in [0.25, 0.3) is 10.8 Å². The zero-order valence-corrected chi connectivity index (χ0v) is 9.79. The van der Waals surface area contributed by atoms with Crippen LogP contribution in [0, 0.1) is 0 Å². The number of fused-ring (bicyclic) bond motifs is 1. The van der Waals surface area contributed by atoms with Gasteiger partial charge in [-0.3, -0.25) is 0 Å². The molecule has 0 amide bonds. The Labute approximate surface area is 98.6 Å². The molecule has 16 heavy (non-hydrogen) atoms. The lowest BCUT2D eigenvalue weighted by molar-refractivity contribution is 0.227. The van der Waals surface area contributed by atoms with Crippen molar-refractivity contribution in [2.45, 2.75) is 6.92 Å². The Morgan fingerprint density at radius 2 is 1.94 bits per heavy atom. The molecular formula is C13H12O2S. The molecule has 0 aliphatic heterocycles. The Balaban J connectivity index is 2.22. The third kappa shape index (κ3) is 2.55. The zero-order chi connectivity index (χ0) is 11.4. The van der Waals surface area contributed by atoms with Crippen LogP contribution in [0.4, 0.5) is 4.79 Å². The molecule has 0 N–H and O–H groups in total. The highest BCUT2D eigenvalue weighted by atomic mass is 32.2. The average molecular weight is 232 g/mol. The maximum absolute atomic E-state index is 11.3. The van der Waals surface area contributed by atoms with Gasteiger partial charge in [0.15, 0.2) is 0 Å². The van der Waals surface area contributed by atoms with E-state index in [-0.39, 0.29) is 5.30 Å². The summed E-state index contributed by atoms with van der Waals surface area (Å²) in [6.45, 7) is 1.92. The van der Waals surface area contributed by atoms with E-state index >= 15 is 0 Å². The van der Waals surface area contributed by atoms with E-state index in [0.29, 0.717) is 5.75 Å². The minimum atomic E-state index is -0.252. The molecule has 2 rings (SSSR count). The summed E-state index contributed by atoms with van der Waals surface area (Å²) in [5.74, 6) is 1.33. The molecule has 82 valence electrons. The molecule has 0 bridgehead atoms. The van der Waals surface area contributed by atoms with Crippen molar-refractivity contribution < 1.29 is 9.53 Å². The minimum absolute atomic E-state index is 0.252. The molecule has 2 nitrogen and oxygen atoms in total. The van der Waals surface area contributed by atoms with Gasteiger partial charge < -0.3 is 4.74 Å². The van der Waals surface area contributed by atoms with Gasteiger partial charge in [-0.2, -0.15) is 0 Å². The molecule has 0 spiro atoms. The SMILES string of the molecule is CCSC(=O)Oc1ccc2ccccc2c1. The van der Waals surface area contributed by atoms with Gasteiger partial charge in [0, 0.05) is 5.75 Å². The maximum Gasteiger partial charge on any atom is 0.372 e. The summed E-state index contributed by atoms with van der Waals surface area (Å²) in [6.07, 6.45) is 0. The van der Waals surface area contributed by atoms with E-state index in [9.17, 15) is 4.79 Å². The van der Waals surface area contributed by atoms with Crippen molar-refractivity contribution in [3.8, 4) is 5.75 Å². The number of hydrogen-bond donors (Lipinski definition) is 0. The van der Waals surface area contributed by atoms with Crippen molar-refractivity contribution in [1.82, 2.24) is 0 Å². The summed E-state index contributed by atoms with van der Waals surface area (Å²) in [5, 5.41) is 1.97. The van der Waals surface area contributed by atoms with E-state index in [1.807, 2.05) is 49.4 Å². The predicted molar refractivity (Wildman–Crippen MR) is 68.1 cm³/mol. The normalized spacial score (nSPS) is 10.3. The van der Waals surface area contributed by atoms with Crippen LogP contribution in [0.1, 0.15) is 6.92 Å². The lowest BCUT2D eigenvalue weighted by Crippen LogP contribution is -2.00. The lowest BCUT2D eigenvalue weighted by Gasteiger charge is -2.04. The standard InChI is InChI=1S/C13H12O2S/c1-2-16-13(14)15-12-8-7-10-5-3-4-6-11(10)9-12/h3-9H,2H2,1H3. The second-order valence-corrected chi connectivity index (χ2v) is 4.49. The Kier molecular flexibility index (Phi) is 3.47. The summed E-state index contributed by atoms with van der Waals surface area (Å²) in [5.41, 5.74) is 0. The van der Waals surface area contributed by atoms with Crippen LogP contribution in [0.15, 0.2) is 42.5 Å². The molecular weight excluding hydrogens is 220 g/mol. The van der Waals surface area contributed by atoms with E-state index in [2.05, 4.69) is 0 Å². The molecule has 0 atom stereocenters. The number of rotatable bonds is 2. The van der Waals surface area contributed by atoms with Gasteiger partial charge in [-0.15, -0.1) is 0 Å². The van der Waals surface area contributed by atoms with Gasteiger partial charge in [0.2, 0.25) is 0 Å². The van der Waals surface area contributed by atoms with Crippen molar-refractivity contribution >= 4 is 27.8 Å². The number of ether oxygens (including phenoxy) is 1. The van der Waals surface area contributed by atoms with E-state index in [4.69, 9.17) is 4.74 Å². The second-order valence-electron chi connectivity index (χ2n) is 3.29. The van der Waals surface area contributed by atoms with Crippen LogP contribution in [0.5, 0.6) is 5.75 Å². The highest BCUT2D eigenvalue weighted by Gasteiger charge is 2.04. The summed E-state index contributed by atoms with van der Waals surface area (Å²) < 4.78 is 5.19. The number of carbonyl (C=O) groups excluding carboxylic acids is 1. The average Bonchev–Trinajstić information content (AvgIpc) is 2.29. The third-order valence-electron chi connectivity index (χ3n) is 2.18. The zero-order valence-electron chi connectivity index (χ0n) is 8.97. The van der Waals surface area contributed by atoms with Crippen LogP contribution in [0.2, 0.25) is 0 Å². The smallest absolute Gasteiger partial charge is 0.372 e. The molecule has 0 aromatic heterocycles. The van der Waals surface area contributed by atoms with E-state index in [1.54, 1.807) is 0 Å². The summed E-state index contributed by atoms with van der Waals surface area (Å²) in [6, 6.07) is 13.6. The van der Waals surface area contributed by atoms with E-state index < -0.39 is 0 Å². The third-order valence-corrected chi connectivity index (χ3v) is 2.79. The molecule has 0 aliphatic rings. The van der Waals surface area contributed by atoms with Gasteiger partial charge in [-0.25, -0.2) is 4.79 Å². The van der Waals surface area contributed by atoms with Gasteiger partial charge in [0.25, 0.3) is 0 Å². The Morgan fingerprint density at radius 1 is 1.19 bits per heavy atom. The molecule has 0 heterocycles. The molecule has 0 aliphatic carbocycles. The van der Waals surface area contributed by atoms with Crippen molar-refractivity contribution in [3.05, 3.63) is 42.5 Å². The summed E-state index contributed by atoms with van der Waals surface area (Å²) in [7, 11) is 0.